The molecular weight excluding hydrogens is 270 g/mol. The second-order valence-corrected chi connectivity index (χ2v) is 6.47. The van der Waals surface area contributed by atoms with E-state index in [1.165, 1.54) is 9.75 Å². The predicted molar refractivity (Wildman–Crippen MR) is 81.7 cm³/mol. The average Bonchev–Trinajstić information content (AvgIpc) is 2.84. The van der Waals surface area contributed by atoms with Gasteiger partial charge in [-0.05, 0) is 31.2 Å². The van der Waals surface area contributed by atoms with Gasteiger partial charge in [0.2, 0.25) is 0 Å². The molecule has 1 saturated heterocycles. The third kappa shape index (κ3) is 3.17. The van der Waals surface area contributed by atoms with E-state index in [1.54, 1.807) is 6.07 Å². The smallest absolute Gasteiger partial charge is 0.123 e. The van der Waals surface area contributed by atoms with Gasteiger partial charge in [-0.1, -0.05) is 6.07 Å². The van der Waals surface area contributed by atoms with Crippen molar-refractivity contribution < 1.29 is 4.74 Å². The highest BCUT2D eigenvalue weighted by molar-refractivity contribution is 7.11. The van der Waals surface area contributed by atoms with Gasteiger partial charge in [0.05, 0.1) is 12.3 Å². The van der Waals surface area contributed by atoms with Crippen molar-refractivity contribution >= 4 is 17.2 Å². The lowest BCUT2D eigenvalue weighted by Gasteiger charge is -2.32. The molecule has 0 bridgehead atoms. The molecule has 0 aromatic carbocycles. The highest BCUT2D eigenvalue weighted by atomic mass is 32.1. The number of aryl methyl sites for hydroxylation is 1. The van der Waals surface area contributed by atoms with Gasteiger partial charge >= 0.3 is 0 Å². The molecule has 1 atom stereocenters. The molecule has 2 aromatic heterocycles. The van der Waals surface area contributed by atoms with Gasteiger partial charge in [-0.15, -0.1) is 11.3 Å². The number of aromatic nitrogens is 1. The van der Waals surface area contributed by atoms with Crippen LogP contribution in [0.3, 0.4) is 0 Å². The number of thiophene rings is 1. The van der Waals surface area contributed by atoms with Gasteiger partial charge in [-0.2, -0.15) is 0 Å². The van der Waals surface area contributed by atoms with E-state index in [4.69, 9.17) is 10.5 Å². The standard InChI is InChI=1S/C15H19N3OS/c1-11-5-6-12(20-11)9-18-7-8-19-14(10-18)13-3-2-4-15(16)17-13/h2-6,14H,7-10H2,1H3,(H2,16,17)/t14-/m1/s1. The zero-order chi connectivity index (χ0) is 13.9. The van der Waals surface area contributed by atoms with Crippen molar-refractivity contribution in [1.82, 2.24) is 9.88 Å². The summed E-state index contributed by atoms with van der Waals surface area (Å²) in [6, 6.07) is 10.1. The van der Waals surface area contributed by atoms with Crippen LogP contribution in [0.4, 0.5) is 5.82 Å². The van der Waals surface area contributed by atoms with E-state index in [-0.39, 0.29) is 6.10 Å². The average molecular weight is 289 g/mol. The Morgan fingerprint density at radius 2 is 2.30 bits per heavy atom. The Morgan fingerprint density at radius 3 is 3.05 bits per heavy atom. The summed E-state index contributed by atoms with van der Waals surface area (Å²) in [4.78, 5) is 9.56. The lowest BCUT2D eigenvalue weighted by Crippen LogP contribution is -2.37. The van der Waals surface area contributed by atoms with Crippen LogP contribution in [0.1, 0.15) is 21.6 Å². The number of pyridine rings is 1. The van der Waals surface area contributed by atoms with Crippen molar-refractivity contribution in [2.45, 2.75) is 19.6 Å². The van der Waals surface area contributed by atoms with Gasteiger partial charge in [0, 0.05) is 29.4 Å². The lowest BCUT2D eigenvalue weighted by atomic mass is 10.2. The fourth-order valence-electron chi connectivity index (χ4n) is 2.46. The normalized spacial score (nSPS) is 20.1. The van der Waals surface area contributed by atoms with Crippen molar-refractivity contribution in [3.63, 3.8) is 0 Å². The molecule has 1 aliphatic rings. The third-order valence-electron chi connectivity index (χ3n) is 3.45. The Hall–Kier alpha value is -1.43. The molecule has 3 rings (SSSR count). The number of rotatable bonds is 3. The number of nitrogens with two attached hydrogens (primary N) is 1. The molecule has 0 saturated carbocycles. The van der Waals surface area contributed by atoms with Crippen LogP contribution in [-0.4, -0.2) is 29.6 Å². The van der Waals surface area contributed by atoms with Crippen LogP contribution in [0.25, 0.3) is 0 Å². The number of ether oxygens (including phenoxy) is 1. The summed E-state index contributed by atoms with van der Waals surface area (Å²) >= 11 is 1.86. The first-order valence-corrected chi connectivity index (χ1v) is 7.64. The first-order chi connectivity index (χ1) is 9.70. The summed E-state index contributed by atoms with van der Waals surface area (Å²) in [5.41, 5.74) is 6.68. The minimum absolute atomic E-state index is 0.0216. The van der Waals surface area contributed by atoms with Crippen molar-refractivity contribution in [2.24, 2.45) is 0 Å². The minimum atomic E-state index is 0.0216. The molecule has 2 aromatic rings. The van der Waals surface area contributed by atoms with E-state index in [0.29, 0.717) is 5.82 Å². The van der Waals surface area contributed by atoms with E-state index in [0.717, 1.165) is 31.9 Å². The second-order valence-electron chi connectivity index (χ2n) is 5.09. The zero-order valence-corrected chi connectivity index (χ0v) is 12.4. The van der Waals surface area contributed by atoms with Crippen LogP contribution in [0.5, 0.6) is 0 Å². The van der Waals surface area contributed by atoms with Crippen LogP contribution < -0.4 is 5.73 Å². The quantitative estimate of drug-likeness (QED) is 0.943. The highest BCUT2D eigenvalue weighted by Crippen LogP contribution is 2.24. The van der Waals surface area contributed by atoms with Gasteiger partial charge in [0.25, 0.3) is 0 Å². The number of nitrogens with zero attached hydrogens (tertiary/aromatic N) is 2. The summed E-state index contributed by atoms with van der Waals surface area (Å²) < 4.78 is 5.84. The van der Waals surface area contributed by atoms with Crippen molar-refractivity contribution in [2.75, 3.05) is 25.4 Å². The molecule has 5 heteroatoms. The summed E-state index contributed by atoms with van der Waals surface area (Å²) in [5, 5.41) is 0. The number of morpholine rings is 1. The zero-order valence-electron chi connectivity index (χ0n) is 11.6. The lowest BCUT2D eigenvalue weighted by molar-refractivity contribution is -0.0346. The molecule has 1 fully saturated rings. The number of anilines is 1. The largest absolute Gasteiger partial charge is 0.384 e. The summed E-state index contributed by atoms with van der Waals surface area (Å²) in [6.07, 6.45) is 0.0216. The fraction of sp³-hybridized carbons (Fsp3) is 0.400. The number of hydrogen-bond donors (Lipinski definition) is 1. The predicted octanol–water partition coefficient (Wildman–Crippen LogP) is 2.61. The maximum Gasteiger partial charge on any atom is 0.123 e. The molecule has 3 heterocycles. The molecule has 2 N–H and O–H groups in total. The third-order valence-corrected chi connectivity index (χ3v) is 4.43. The molecule has 1 aliphatic heterocycles. The fourth-order valence-corrected chi connectivity index (χ4v) is 3.40. The summed E-state index contributed by atoms with van der Waals surface area (Å²) in [7, 11) is 0. The van der Waals surface area contributed by atoms with E-state index in [2.05, 4.69) is 28.9 Å². The topological polar surface area (TPSA) is 51.4 Å². The van der Waals surface area contributed by atoms with E-state index in [9.17, 15) is 0 Å². The van der Waals surface area contributed by atoms with Crippen LogP contribution in [0, 0.1) is 6.92 Å². The van der Waals surface area contributed by atoms with Crippen molar-refractivity contribution in [3.8, 4) is 0 Å². The van der Waals surface area contributed by atoms with Crippen molar-refractivity contribution in [3.05, 3.63) is 45.8 Å². The van der Waals surface area contributed by atoms with Gasteiger partial charge in [0.1, 0.15) is 11.9 Å². The Bertz CT molecular complexity index is 584. The van der Waals surface area contributed by atoms with Crippen molar-refractivity contribution in [1.29, 1.82) is 0 Å². The van der Waals surface area contributed by atoms with Crippen LogP contribution >= 0.6 is 11.3 Å². The van der Waals surface area contributed by atoms with Gasteiger partial charge in [0.15, 0.2) is 0 Å². The molecule has 4 nitrogen and oxygen atoms in total. The van der Waals surface area contributed by atoms with E-state index >= 15 is 0 Å². The molecule has 0 radical (unpaired) electrons. The monoisotopic (exact) mass is 289 g/mol. The van der Waals surface area contributed by atoms with Gasteiger partial charge in [-0.25, -0.2) is 4.98 Å². The SMILES string of the molecule is Cc1ccc(CN2CCO[C@@H](c3cccc(N)n3)C2)s1. The minimum Gasteiger partial charge on any atom is -0.384 e. The first kappa shape index (κ1) is 13.5. The number of nitrogen functional groups attached to an aromatic ring is 1. The van der Waals surface area contributed by atoms with Crippen LogP contribution in [0.15, 0.2) is 30.3 Å². The molecular formula is C15H19N3OS. The summed E-state index contributed by atoms with van der Waals surface area (Å²) in [6.45, 7) is 5.71. The van der Waals surface area contributed by atoms with Gasteiger partial charge in [-0.3, -0.25) is 4.90 Å². The van der Waals surface area contributed by atoms with Crippen LogP contribution in [0.2, 0.25) is 0 Å². The number of hydrogen-bond acceptors (Lipinski definition) is 5. The molecule has 0 unspecified atom stereocenters. The Morgan fingerprint density at radius 1 is 1.40 bits per heavy atom. The van der Waals surface area contributed by atoms with Crippen LogP contribution in [-0.2, 0) is 11.3 Å². The molecule has 0 aliphatic carbocycles. The Kier molecular flexibility index (Phi) is 4.00. The van der Waals surface area contributed by atoms with E-state index < -0.39 is 0 Å². The second kappa shape index (κ2) is 5.91. The summed E-state index contributed by atoms with van der Waals surface area (Å²) in [5.74, 6) is 0.553. The Balaban J connectivity index is 1.67. The molecule has 0 spiro atoms. The highest BCUT2D eigenvalue weighted by Gasteiger charge is 2.23. The van der Waals surface area contributed by atoms with Gasteiger partial charge < -0.3 is 10.5 Å². The molecule has 106 valence electrons. The molecule has 0 amide bonds. The maximum atomic E-state index is 5.84. The maximum absolute atomic E-state index is 5.84. The molecule has 20 heavy (non-hydrogen) atoms. The van der Waals surface area contributed by atoms with E-state index in [1.807, 2.05) is 23.5 Å². The first-order valence-electron chi connectivity index (χ1n) is 6.82. The Labute approximate surface area is 123 Å².